The first kappa shape index (κ1) is 16.8. The molecule has 0 aliphatic carbocycles. The fourth-order valence-electron chi connectivity index (χ4n) is 1.48. The minimum absolute atomic E-state index is 0.114. The molecule has 1 N–H and O–H groups in total. The first-order chi connectivity index (χ1) is 9.25. The van der Waals surface area contributed by atoms with Crippen molar-refractivity contribution in [3.8, 4) is 0 Å². The van der Waals surface area contributed by atoms with Gasteiger partial charge in [0.05, 0.1) is 12.4 Å². The summed E-state index contributed by atoms with van der Waals surface area (Å²) in [7, 11) is -1.98. The lowest BCUT2D eigenvalue weighted by Gasteiger charge is -2.33. The maximum atomic E-state index is 12.5. The van der Waals surface area contributed by atoms with Gasteiger partial charge in [-0.1, -0.05) is 13.8 Å². The second-order valence-electron chi connectivity index (χ2n) is 5.31. The van der Waals surface area contributed by atoms with Crippen molar-refractivity contribution >= 4 is 16.0 Å². The lowest BCUT2D eigenvalue weighted by Crippen LogP contribution is -2.44. The molecule has 20 heavy (non-hydrogen) atoms. The number of hydrogen-bond donors (Lipinski definition) is 1. The molecule has 0 unspecified atom stereocenters. The van der Waals surface area contributed by atoms with E-state index in [1.165, 1.54) is 16.7 Å². The van der Waals surface area contributed by atoms with Crippen LogP contribution in [-0.2, 0) is 10.0 Å². The van der Waals surface area contributed by atoms with E-state index >= 15 is 0 Å². The highest BCUT2D eigenvalue weighted by Crippen LogP contribution is 2.24. The zero-order valence-electron chi connectivity index (χ0n) is 12.8. The van der Waals surface area contributed by atoms with Crippen LogP contribution in [-0.4, -0.2) is 41.8 Å². The average Bonchev–Trinajstić information content (AvgIpc) is 2.44. The van der Waals surface area contributed by atoms with Crippen LogP contribution in [0.5, 0.6) is 0 Å². The Bertz CT molecular complexity index is 526. The van der Waals surface area contributed by atoms with E-state index < -0.39 is 15.6 Å². The summed E-state index contributed by atoms with van der Waals surface area (Å²) in [6.45, 7) is 8.54. The molecule has 0 aliphatic heterocycles. The molecule has 7 heteroatoms. The van der Waals surface area contributed by atoms with Gasteiger partial charge in [0.2, 0.25) is 16.0 Å². The summed E-state index contributed by atoms with van der Waals surface area (Å²) in [5, 5.41) is 3.01. The van der Waals surface area contributed by atoms with E-state index in [0.29, 0.717) is 5.95 Å². The molecule has 1 rings (SSSR count). The first-order valence-corrected chi connectivity index (χ1v) is 8.24. The zero-order chi connectivity index (χ0) is 15.4. The lowest BCUT2D eigenvalue weighted by molar-refractivity contribution is 0.257. The maximum absolute atomic E-state index is 12.5. The summed E-state index contributed by atoms with van der Waals surface area (Å²) in [4.78, 5) is 8.20. The van der Waals surface area contributed by atoms with Gasteiger partial charge in [-0.3, -0.25) is 0 Å². The SMILES string of the molecule is CCCNc1ncc(S(=O)(=O)N(C)C(C)(C)CC)cn1. The topological polar surface area (TPSA) is 75.2 Å². The van der Waals surface area contributed by atoms with Gasteiger partial charge in [-0.2, -0.15) is 4.31 Å². The van der Waals surface area contributed by atoms with E-state index in [9.17, 15) is 8.42 Å². The molecule has 0 amide bonds. The van der Waals surface area contributed by atoms with Gasteiger partial charge in [0.25, 0.3) is 0 Å². The number of hydrogen-bond acceptors (Lipinski definition) is 5. The molecule has 114 valence electrons. The fourth-order valence-corrected chi connectivity index (χ4v) is 2.95. The van der Waals surface area contributed by atoms with E-state index in [4.69, 9.17) is 0 Å². The minimum Gasteiger partial charge on any atom is -0.354 e. The van der Waals surface area contributed by atoms with E-state index in [1.54, 1.807) is 7.05 Å². The molecular formula is C13H24N4O2S. The summed E-state index contributed by atoms with van der Waals surface area (Å²) >= 11 is 0. The number of nitrogens with one attached hydrogen (secondary N) is 1. The molecule has 0 aromatic carbocycles. The largest absolute Gasteiger partial charge is 0.354 e. The zero-order valence-corrected chi connectivity index (χ0v) is 13.7. The molecule has 6 nitrogen and oxygen atoms in total. The van der Waals surface area contributed by atoms with E-state index in [1.807, 2.05) is 27.7 Å². The molecule has 0 spiro atoms. The van der Waals surface area contributed by atoms with Crippen LogP contribution in [0.25, 0.3) is 0 Å². The maximum Gasteiger partial charge on any atom is 0.246 e. The Morgan fingerprint density at radius 3 is 2.25 bits per heavy atom. The van der Waals surface area contributed by atoms with Crippen molar-refractivity contribution in [2.75, 3.05) is 18.9 Å². The summed E-state index contributed by atoms with van der Waals surface area (Å²) in [5.74, 6) is 0.447. The number of sulfonamides is 1. The highest BCUT2D eigenvalue weighted by atomic mass is 32.2. The molecule has 1 aromatic heterocycles. The third kappa shape index (κ3) is 3.67. The fraction of sp³-hybridized carbons (Fsp3) is 0.692. The molecule has 0 radical (unpaired) electrons. The number of rotatable bonds is 7. The number of nitrogens with zero attached hydrogens (tertiary/aromatic N) is 3. The monoisotopic (exact) mass is 300 g/mol. The van der Waals surface area contributed by atoms with Crippen LogP contribution in [0.1, 0.15) is 40.5 Å². The van der Waals surface area contributed by atoms with Crippen LogP contribution in [0.4, 0.5) is 5.95 Å². The van der Waals surface area contributed by atoms with Crippen LogP contribution in [0.3, 0.4) is 0 Å². The van der Waals surface area contributed by atoms with E-state index in [-0.39, 0.29) is 4.90 Å². The summed E-state index contributed by atoms with van der Waals surface area (Å²) < 4.78 is 26.3. The Balaban J connectivity index is 2.99. The highest BCUT2D eigenvalue weighted by molar-refractivity contribution is 7.89. The van der Waals surface area contributed by atoms with E-state index in [2.05, 4.69) is 15.3 Å². The molecule has 0 saturated carbocycles. The van der Waals surface area contributed by atoms with Crippen molar-refractivity contribution in [3.05, 3.63) is 12.4 Å². The van der Waals surface area contributed by atoms with Gasteiger partial charge in [-0.25, -0.2) is 18.4 Å². The first-order valence-electron chi connectivity index (χ1n) is 6.80. The standard InChI is InChI=1S/C13H24N4O2S/c1-6-8-14-12-15-9-11(10-16-12)20(18,19)17(5)13(3,4)7-2/h9-10H,6-8H2,1-5H3,(H,14,15,16). The third-order valence-corrected chi connectivity index (χ3v) is 5.56. The van der Waals surface area contributed by atoms with Gasteiger partial charge < -0.3 is 5.32 Å². The van der Waals surface area contributed by atoms with Gasteiger partial charge in [0, 0.05) is 19.1 Å². The quantitative estimate of drug-likeness (QED) is 0.834. The second-order valence-corrected chi connectivity index (χ2v) is 7.28. The molecular weight excluding hydrogens is 276 g/mol. The van der Waals surface area contributed by atoms with Crippen molar-refractivity contribution in [2.45, 2.75) is 51.0 Å². The van der Waals surface area contributed by atoms with Gasteiger partial charge in [-0.15, -0.1) is 0 Å². The van der Waals surface area contributed by atoms with Crippen LogP contribution in [0.2, 0.25) is 0 Å². The van der Waals surface area contributed by atoms with E-state index in [0.717, 1.165) is 19.4 Å². The number of aromatic nitrogens is 2. The van der Waals surface area contributed by atoms with Crippen molar-refractivity contribution in [3.63, 3.8) is 0 Å². The molecule has 0 bridgehead atoms. The highest BCUT2D eigenvalue weighted by Gasteiger charge is 2.33. The van der Waals surface area contributed by atoms with Crippen molar-refractivity contribution in [1.82, 2.24) is 14.3 Å². The predicted molar refractivity (Wildman–Crippen MR) is 80.1 cm³/mol. The molecule has 0 fully saturated rings. The average molecular weight is 300 g/mol. The van der Waals surface area contributed by atoms with Gasteiger partial charge >= 0.3 is 0 Å². The van der Waals surface area contributed by atoms with Crippen molar-refractivity contribution < 1.29 is 8.42 Å². The Kier molecular flexibility index (Phi) is 5.47. The minimum atomic E-state index is -3.57. The Labute approximate surface area is 121 Å². The van der Waals surface area contributed by atoms with Crippen LogP contribution in [0.15, 0.2) is 17.3 Å². The second kappa shape index (κ2) is 6.49. The molecule has 1 heterocycles. The van der Waals surface area contributed by atoms with Crippen LogP contribution >= 0.6 is 0 Å². The summed E-state index contributed by atoms with van der Waals surface area (Å²) in [5.41, 5.74) is -0.446. The molecule has 0 saturated heterocycles. The smallest absolute Gasteiger partial charge is 0.246 e. The normalized spacial score (nSPS) is 12.7. The molecule has 0 aliphatic rings. The Hall–Kier alpha value is -1.21. The third-order valence-electron chi connectivity index (χ3n) is 3.54. The van der Waals surface area contributed by atoms with Crippen LogP contribution < -0.4 is 5.32 Å². The van der Waals surface area contributed by atoms with Crippen LogP contribution in [0, 0.1) is 0 Å². The lowest BCUT2D eigenvalue weighted by atomic mass is 10.0. The number of anilines is 1. The predicted octanol–water partition coefficient (Wildman–Crippen LogP) is 2.11. The van der Waals surface area contributed by atoms with Gasteiger partial charge in [-0.05, 0) is 26.7 Å². The summed E-state index contributed by atoms with van der Waals surface area (Å²) in [6, 6.07) is 0. The Morgan fingerprint density at radius 2 is 1.80 bits per heavy atom. The van der Waals surface area contributed by atoms with Gasteiger partial charge in [0.1, 0.15) is 4.90 Å². The molecule has 0 atom stereocenters. The molecule has 1 aromatic rings. The van der Waals surface area contributed by atoms with Gasteiger partial charge in [0.15, 0.2) is 0 Å². The summed E-state index contributed by atoms with van der Waals surface area (Å²) in [6.07, 6.45) is 4.38. The van der Waals surface area contributed by atoms with Crippen molar-refractivity contribution in [1.29, 1.82) is 0 Å². The van der Waals surface area contributed by atoms with Crippen molar-refractivity contribution in [2.24, 2.45) is 0 Å². The Morgan fingerprint density at radius 1 is 1.25 bits per heavy atom.